The van der Waals surface area contributed by atoms with Crippen LogP contribution in [0, 0.1) is 13.8 Å². The topological polar surface area (TPSA) is 90.5 Å². The number of hydrogen-bond acceptors (Lipinski definition) is 6. The molecule has 0 fully saturated rings. The van der Waals surface area contributed by atoms with Crippen molar-refractivity contribution < 1.29 is 18.8 Å². The normalized spacial score (nSPS) is 14.6. The van der Waals surface area contributed by atoms with Crippen LogP contribution >= 0.6 is 0 Å². The lowest BCUT2D eigenvalue weighted by molar-refractivity contribution is -0.134. The zero-order valence-electron chi connectivity index (χ0n) is 19.9. The van der Waals surface area contributed by atoms with Gasteiger partial charge in [0, 0.05) is 23.7 Å². The highest BCUT2D eigenvalue weighted by atomic mass is 16.5. The lowest BCUT2D eigenvalue weighted by Crippen LogP contribution is -2.32. The molecule has 1 amide bonds. The molecule has 2 aromatic carbocycles. The van der Waals surface area contributed by atoms with Crippen LogP contribution in [0.15, 0.2) is 65.2 Å². The molecular weight excluding hydrogens is 444 g/mol. The molecule has 1 aliphatic rings. The maximum atomic E-state index is 13.7. The average molecular weight is 471 g/mol. The number of cyclic esters (lactones) is 1. The van der Waals surface area contributed by atoms with Gasteiger partial charge in [-0.15, -0.1) is 0 Å². The van der Waals surface area contributed by atoms with Crippen LogP contribution in [0.4, 0.5) is 0 Å². The summed E-state index contributed by atoms with van der Waals surface area (Å²) in [5.74, 6) is 0.117. The maximum absolute atomic E-state index is 13.7. The largest absolute Gasteiger partial charge is 0.453 e. The van der Waals surface area contributed by atoms with E-state index in [-0.39, 0.29) is 12.3 Å². The van der Waals surface area contributed by atoms with Crippen molar-refractivity contribution in [2.45, 2.75) is 39.5 Å². The Kier molecular flexibility index (Phi) is 5.94. The zero-order chi connectivity index (χ0) is 24.5. The molecule has 0 N–H and O–H groups in total. The molecule has 1 unspecified atom stereocenters. The van der Waals surface area contributed by atoms with Crippen molar-refractivity contribution in [1.82, 2.24) is 19.8 Å². The van der Waals surface area contributed by atoms with E-state index in [1.54, 1.807) is 21.7 Å². The Morgan fingerprint density at radius 3 is 2.54 bits per heavy atom. The third-order valence-corrected chi connectivity index (χ3v) is 6.32. The molecule has 1 atom stereocenters. The molecular formula is C27H26N4O4. The van der Waals surface area contributed by atoms with Crippen molar-refractivity contribution in [2.24, 2.45) is 7.05 Å². The summed E-state index contributed by atoms with van der Waals surface area (Å²) in [6, 6.07) is 18.9. The van der Waals surface area contributed by atoms with Gasteiger partial charge in [-0.05, 0) is 26.0 Å². The van der Waals surface area contributed by atoms with E-state index in [0.717, 1.165) is 28.1 Å². The Balaban J connectivity index is 1.46. The molecule has 1 aliphatic heterocycles. The number of aromatic nitrogens is 3. The van der Waals surface area contributed by atoms with Crippen LogP contribution < -0.4 is 0 Å². The summed E-state index contributed by atoms with van der Waals surface area (Å²) in [6.07, 6.45) is -0.566. The molecule has 4 aromatic rings. The molecule has 0 spiro atoms. The Morgan fingerprint density at radius 1 is 1.06 bits per heavy atom. The first-order chi connectivity index (χ1) is 16.9. The lowest BCUT2D eigenvalue weighted by atomic mass is 10.0. The third kappa shape index (κ3) is 4.47. The van der Waals surface area contributed by atoms with Crippen LogP contribution in [0.2, 0.25) is 0 Å². The predicted octanol–water partition coefficient (Wildman–Crippen LogP) is 4.52. The highest BCUT2D eigenvalue weighted by Crippen LogP contribution is 2.34. The summed E-state index contributed by atoms with van der Waals surface area (Å²) < 4.78 is 12.9. The van der Waals surface area contributed by atoms with Crippen molar-refractivity contribution in [1.29, 1.82) is 0 Å². The average Bonchev–Trinajstić information content (AvgIpc) is 3.49. The molecule has 8 heteroatoms. The fraction of sp³-hybridized carbons (Fsp3) is 0.259. The van der Waals surface area contributed by atoms with Gasteiger partial charge in [-0.1, -0.05) is 53.7 Å². The molecule has 178 valence electrons. The summed E-state index contributed by atoms with van der Waals surface area (Å²) in [7, 11) is 1.86. The number of carbonyl (C=O) groups is 2. The van der Waals surface area contributed by atoms with Gasteiger partial charge < -0.3 is 14.2 Å². The number of benzene rings is 2. The van der Waals surface area contributed by atoms with Gasteiger partial charge >= 0.3 is 5.97 Å². The smallest absolute Gasteiger partial charge is 0.339 e. The summed E-state index contributed by atoms with van der Waals surface area (Å²) in [4.78, 5) is 27.7. The number of amides is 1. The van der Waals surface area contributed by atoms with Gasteiger partial charge in [-0.2, -0.15) is 5.10 Å². The van der Waals surface area contributed by atoms with E-state index in [0.29, 0.717) is 30.1 Å². The molecule has 0 radical (unpaired) electrons. The Morgan fingerprint density at radius 2 is 1.80 bits per heavy atom. The number of hydrogen-bond donors (Lipinski definition) is 0. The monoisotopic (exact) mass is 470 g/mol. The standard InChI is InChI=1S/C27H26N4O4/c1-17-13-20(30(3)28-17)15-31(16-23-18(2)35-29-26(23)19-9-5-4-6-10-19)25(32)14-24-21-11-7-8-12-22(21)27(33)34-24/h4-13,24H,14-16H2,1-3H3. The van der Waals surface area contributed by atoms with Gasteiger partial charge in [-0.25, -0.2) is 4.79 Å². The fourth-order valence-electron chi connectivity index (χ4n) is 4.49. The number of ether oxygens (including phenoxy) is 1. The number of fused-ring (bicyclic) bond motifs is 1. The minimum Gasteiger partial charge on any atom is -0.453 e. The minimum atomic E-state index is -0.612. The van der Waals surface area contributed by atoms with Crippen molar-refractivity contribution >= 4 is 11.9 Å². The molecule has 0 saturated heterocycles. The number of carbonyl (C=O) groups excluding carboxylic acids is 2. The van der Waals surface area contributed by atoms with Crippen LogP contribution in [0.1, 0.15) is 51.2 Å². The number of rotatable bonds is 7. The number of esters is 1. The molecule has 35 heavy (non-hydrogen) atoms. The van der Waals surface area contributed by atoms with Gasteiger partial charge in [0.05, 0.1) is 36.5 Å². The summed E-state index contributed by atoms with van der Waals surface area (Å²) in [5, 5.41) is 8.69. The summed E-state index contributed by atoms with van der Waals surface area (Å²) >= 11 is 0. The van der Waals surface area contributed by atoms with E-state index < -0.39 is 12.1 Å². The van der Waals surface area contributed by atoms with E-state index in [1.165, 1.54) is 0 Å². The van der Waals surface area contributed by atoms with Crippen molar-refractivity contribution in [3.63, 3.8) is 0 Å². The Hall–Kier alpha value is -4.20. The van der Waals surface area contributed by atoms with Gasteiger partial charge in [0.15, 0.2) is 0 Å². The molecule has 2 aromatic heterocycles. The number of aryl methyl sites for hydroxylation is 3. The molecule has 3 heterocycles. The number of nitrogens with zero attached hydrogens (tertiary/aromatic N) is 4. The molecule has 0 bridgehead atoms. The van der Waals surface area contributed by atoms with Crippen LogP contribution in [0.3, 0.4) is 0 Å². The lowest BCUT2D eigenvalue weighted by Gasteiger charge is -2.24. The maximum Gasteiger partial charge on any atom is 0.339 e. The predicted molar refractivity (Wildman–Crippen MR) is 128 cm³/mol. The van der Waals surface area contributed by atoms with E-state index in [9.17, 15) is 9.59 Å². The molecule has 8 nitrogen and oxygen atoms in total. The van der Waals surface area contributed by atoms with Crippen molar-refractivity contribution in [3.05, 3.63) is 94.5 Å². The van der Waals surface area contributed by atoms with Gasteiger partial charge in [0.2, 0.25) is 5.91 Å². The van der Waals surface area contributed by atoms with E-state index in [4.69, 9.17) is 9.26 Å². The second kappa shape index (κ2) is 9.21. The van der Waals surface area contributed by atoms with E-state index in [1.807, 2.05) is 69.4 Å². The van der Waals surface area contributed by atoms with E-state index in [2.05, 4.69) is 10.3 Å². The Labute approximate surface area is 203 Å². The quantitative estimate of drug-likeness (QED) is 0.369. The zero-order valence-corrected chi connectivity index (χ0v) is 19.9. The van der Waals surface area contributed by atoms with Crippen LogP contribution in [0.25, 0.3) is 11.3 Å². The molecule has 0 aliphatic carbocycles. The first kappa shape index (κ1) is 22.6. The molecule has 5 rings (SSSR count). The van der Waals surface area contributed by atoms with Crippen LogP contribution in [-0.2, 0) is 29.7 Å². The highest BCUT2D eigenvalue weighted by Gasteiger charge is 2.34. The molecule has 0 saturated carbocycles. The first-order valence-electron chi connectivity index (χ1n) is 11.5. The van der Waals surface area contributed by atoms with Crippen LogP contribution in [-0.4, -0.2) is 31.7 Å². The first-order valence-corrected chi connectivity index (χ1v) is 11.5. The van der Waals surface area contributed by atoms with Gasteiger partial charge in [-0.3, -0.25) is 9.48 Å². The minimum absolute atomic E-state index is 0.0462. The van der Waals surface area contributed by atoms with Gasteiger partial charge in [0.25, 0.3) is 0 Å². The second-order valence-corrected chi connectivity index (χ2v) is 8.77. The Bertz CT molecular complexity index is 1390. The fourth-order valence-corrected chi connectivity index (χ4v) is 4.49. The SMILES string of the molecule is Cc1cc(CN(Cc2c(-c3ccccc3)noc2C)C(=O)CC2OC(=O)c3ccccc32)n(C)n1. The van der Waals surface area contributed by atoms with E-state index >= 15 is 0 Å². The third-order valence-electron chi connectivity index (χ3n) is 6.32. The van der Waals surface area contributed by atoms with Crippen LogP contribution in [0.5, 0.6) is 0 Å². The second-order valence-electron chi connectivity index (χ2n) is 8.77. The summed E-state index contributed by atoms with van der Waals surface area (Å²) in [5.41, 5.74) is 5.50. The van der Waals surface area contributed by atoms with Gasteiger partial charge in [0.1, 0.15) is 17.6 Å². The highest BCUT2D eigenvalue weighted by molar-refractivity contribution is 5.94. The van der Waals surface area contributed by atoms with Crippen molar-refractivity contribution in [2.75, 3.05) is 0 Å². The summed E-state index contributed by atoms with van der Waals surface area (Å²) in [6.45, 7) is 4.41. The van der Waals surface area contributed by atoms with Crippen molar-refractivity contribution in [3.8, 4) is 11.3 Å².